The third-order valence-corrected chi connectivity index (χ3v) is 4.60. The molecule has 0 aliphatic rings. The number of rotatable bonds is 4. The van der Waals surface area contributed by atoms with Crippen molar-refractivity contribution in [1.82, 2.24) is 9.38 Å². The summed E-state index contributed by atoms with van der Waals surface area (Å²) in [6, 6.07) is 8.65. The molecule has 1 N–H and O–H groups in total. The molecule has 0 amide bonds. The van der Waals surface area contributed by atoms with Gasteiger partial charge < -0.3 is 5.32 Å². The van der Waals surface area contributed by atoms with Crippen LogP contribution in [0, 0.1) is 13.8 Å². The van der Waals surface area contributed by atoms with E-state index < -0.39 is 0 Å². The molecule has 0 atom stereocenters. The van der Waals surface area contributed by atoms with Crippen molar-refractivity contribution in [2.75, 3.05) is 5.32 Å². The molecule has 3 nitrogen and oxygen atoms in total. The minimum atomic E-state index is 0.802. The molecule has 2 aromatic heterocycles. The Morgan fingerprint density at radius 3 is 2.65 bits per heavy atom. The van der Waals surface area contributed by atoms with E-state index in [1.807, 2.05) is 0 Å². The summed E-state index contributed by atoms with van der Waals surface area (Å²) in [5.41, 5.74) is 6.14. The number of hydrogen-bond acceptors (Lipinski definition) is 3. The van der Waals surface area contributed by atoms with Crippen molar-refractivity contribution in [2.45, 2.75) is 33.7 Å². The van der Waals surface area contributed by atoms with Crippen molar-refractivity contribution in [3.8, 4) is 0 Å². The first-order valence-electron chi connectivity index (χ1n) is 6.94. The molecular formula is C16H19N3S. The monoisotopic (exact) mass is 285 g/mol. The molecule has 0 saturated heterocycles. The SMILES string of the molecule is CCc1ccc(NCc2c(C)nc3scc(C)n23)cc1. The fourth-order valence-electron chi connectivity index (χ4n) is 2.42. The van der Waals surface area contributed by atoms with Crippen LogP contribution in [0.5, 0.6) is 0 Å². The van der Waals surface area contributed by atoms with Crippen LogP contribution < -0.4 is 5.32 Å². The van der Waals surface area contributed by atoms with Crippen LogP contribution in [0.25, 0.3) is 4.96 Å². The molecular weight excluding hydrogens is 266 g/mol. The summed E-state index contributed by atoms with van der Waals surface area (Å²) >= 11 is 1.70. The first kappa shape index (κ1) is 13.2. The van der Waals surface area contributed by atoms with Gasteiger partial charge in [-0.05, 0) is 38.0 Å². The van der Waals surface area contributed by atoms with E-state index in [0.29, 0.717) is 0 Å². The second kappa shape index (κ2) is 5.29. The molecule has 0 aliphatic carbocycles. The van der Waals surface area contributed by atoms with Crippen molar-refractivity contribution in [1.29, 1.82) is 0 Å². The van der Waals surface area contributed by atoms with Gasteiger partial charge in [-0.15, -0.1) is 11.3 Å². The first-order chi connectivity index (χ1) is 9.69. The van der Waals surface area contributed by atoms with Crippen LogP contribution in [0.1, 0.15) is 29.6 Å². The van der Waals surface area contributed by atoms with E-state index in [-0.39, 0.29) is 0 Å². The van der Waals surface area contributed by atoms with Gasteiger partial charge in [0.1, 0.15) is 0 Å². The Bertz CT molecular complexity index is 722. The minimum Gasteiger partial charge on any atom is -0.379 e. The Morgan fingerprint density at radius 2 is 1.95 bits per heavy atom. The summed E-state index contributed by atoms with van der Waals surface area (Å²) in [4.78, 5) is 5.70. The number of aromatic nitrogens is 2. The molecule has 0 bridgehead atoms. The van der Waals surface area contributed by atoms with Crippen molar-refractivity contribution >= 4 is 22.0 Å². The number of benzene rings is 1. The Labute approximate surface area is 123 Å². The highest BCUT2D eigenvalue weighted by atomic mass is 32.1. The number of imidazole rings is 1. The molecule has 1 aromatic carbocycles. The van der Waals surface area contributed by atoms with E-state index in [4.69, 9.17) is 0 Å². The van der Waals surface area contributed by atoms with Gasteiger partial charge in [0.25, 0.3) is 0 Å². The van der Waals surface area contributed by atoms with Crippen LogP contribution in [0.2, 0.25) is 0 Å². The number of thiazole rings is 1. The lowest BCUT2D eigenvalue weighted by atomic mass is 10.1. The number of nitrogens with zero attached hydrogens (tertiary/aromatic N) is 2. The predicted molar refractivity (Wildman–Crippen MR) is 85.7 cm³/mol. The zero-order chi connectivity index (χ0) is 14.1. The molecule has 0 radical (unpaired) electrons. The normalized spacial score (nSPS) is 11.2. The lowest BCUT2D eigenvalue weighted by Crippen LogP contribution is -2.04. The molecule has 0 unspecified atom stereocenters. The summed E-state index contributed by atoms with van der Waals surface area (Å²) in [6.45, 7) is 7.19. The number of fused-ring (bicyclic) bond motifs is 1. The van der Waals surface area contributed by atoms with Crippen molar-refractivity contribution in [2.24, 2.45) is 0 Å². The molecule has 4 heteroatoms. The summed E-state index contributed by atoms with van der Waals surface area (Å²) in [6.07, 6.45) is 1.08. The third-order valence-electron chi connectivity index (χ3n) is 3.65. The number of hydrogen-bond donors (Lipinski definition) is 1. The van der Waals surface area contributed by atoms with Gasteiger partial charge in [0, 0.05) is 16.8 Å². The third kappa shape index (κ3) is 2.31. The fraction of sp³-hybridized carbons (Fsp3) is 0.312. The maximum absolute atomic E-state index is 4.62. The van der Waals surface area contributed by atoms with Crippen LogP contribution in [-0.2, 0) is 13.0 Å². The van der Waals surface area contributed by atoms with Crippen molar-refractivity contribution in [3.63, 3.8) is 0 Å². The summed E-state index contributed by atoms with van der Waals surface area (Å²) in [5, 5.41) is 5.65. The zero-order valence-corrected chi connectivity index (χ0v) is 12.9. The van der Waals surface area contributed by atoms with E-state index in [1.165, 1.54) is 17.0 Å². The second-order valence-corrected chi connectivity index (χ2v) is 5.88. The van der Waals surface area contributed by atoms with E-state index >= 15 is 0 Å². The molecule has 0 spiro atoms. The van der Waals surface area contributed by atoms with Gasteiger partial charge in [-0.25, -0.2) is 4.98 Å². The topological polar surface area (TPSA) is 29.3 Å². The van der Waals surface area contributed by atoms with Crippen LogP contribution >= 0.6 is 11.3 Å². The van der Waals surface area contributed by atoms with Gasteiger partial charge in [-0.2, -0.15) is 0 Å². The lowest BCUT2D eigenvalue weighted by molar-refractivity contribution is 0.966. The second-order valence-electron chi connectivity index (χ2n) is 5.04. The van der Waals surface area contributed by atoms with Crippen LogP contribution in [0.4, 0.5) is 5.69 Å². The van der Waals surface area contributed by atoms with Crippen LogP contribution in [0.15, 0.2) is 29.6 Å². The summed E-state index contributed by atoms with van der Waals surface area (Å²) in [7, 11) is 0. The quantitative estimate of drug-likeness (QED) is 0.779. The molecule has 3 aromatic rings. The van der Waals surface area contributed by atoms with Gasteiger partial charge in [-0.3, -0.25) is 4.40 Å². The molecule has 0 fully saturated rings. The van der Waals surface area contributed by atoms with Gasteiger partial charge >= 0.3 is 0 Å². The molecule has 0 aliphatic heterocycles. The fourth-order valence-corrected chi connectivity index (χ4v) is 3.35. The lowest BCUT2D eigenvalue weighted by Gasteiger charge is -2.08. The Hall–Kier alpha value is -1.81. The highest BCUT2D eigenvalue weighted by Gasteiger charge is 2.11. The summed E-state index contributed by atoms with van der Waals surface area (Å²) in [5.74, 6) is 0. The van der Waals surface area contributed by atoms with Crippen molar-refractivity contribution in [3.05, 3.63) is 52.3 Å². The van der Waals surface area contributed by atoms with Gasteiger partial charge in [0.2, 0.25) is 0 Å². The number of aryl methyl sites for hydroxylation is 3. The largest absolute Gasteiger partial charge is 0.379 e. The molecule has 3 rings (SSSR count). The number of anilines is 1. The van der Waals surface area contributed by atoms with E-state index in [0.717, 1.165) is 29.3 Å². The predicted octanol–water partition coefficient (Wildman–Crippen LogP) is 4.19. The van der Waals surface area contributed by atoms with E-state index in [1.54, 1.807) is 11.3 Å². The molecule has 20 heavy (non-hydrogen) atoms. The highest BCUT2D eigenvalue weighted by Crippen LogP contribution is 2.21. The molecule has 0 saturated carbocycles. The Kier molecular flexibility index (Phi) is 3.49. The average molecular weight is 285 g/mol. The Morgan fingerprint density at radius 1 is 1.20 bits per heavy atom. The molecule has 104 valence electrons. The maximum atomic E-state index is 4.62. The van der Waals surface area contributed by atoms with Gasteiger partial charge in [0.15, 0.2) is 4.96 Å². The van der Waals surface area contributed by atoms with Crippen molar-refractivity contribution < 1.29 is 0 Å². The molecule has 2 heterocycles. The zero-order valence-electron chi connectivity index (χ0n) is 12.1. The van der Waals surface area contributed by atoms with E-state index in [2.05, 4.69) is 65.1 Å². The average Bonchev–Trinajstić information content (AvgIpc) is 2.97. The van der Waals surface area contributed by atoms with Crippen LogP contribution in [0.3, 0.4) is 0 Å². The smallest absolute Gasteiger partial charge is 0.194 e. The van der Waals surface area contributed by atoms with Gasteiger partial charge in [-0.1, -0.05) is 19.1 Å². The van der Waals surface area contributed by atoms with Crippen LogP contribution in [-0.4, -0.2) is 9.38 Å². The first-order valence-corrected chi connectivity index (χ1v) is 7.82. The maximum Gasteiger partial charge on any atom is 0.194 e. The highest BCUT2D eigenvalue weighted by molar-refractivity contribution is 7.15. The van der Waals surface area contributed by atoms with E-state index in [9.17, 15) is 0 Å². The Balaban J connectivity index is 1.82. The number of nitrogens with one attached hydrogen (secondary N) is 1. The summed E-state index contributed by atoms with van der Waals surface area (Å²) < 4.78 is 2.24. The standard InChI is InChI=1S/C16H19N3S/c1-4-13-5-7-14(8-6-13)17-9-15-12(3)18-16-19(15)11(2)10-20-16/h5-8,10,17H,4,9H2,1-3H3. The van der Waals surface area contributed by atoms with Gasteiger partial charge in [0.05, 0.1) is 17.9 Å². The minimum absolute atomic E-state index is 0.802.